The van der Waals surface area contributed by atoms with Crippen LogP contribution in [-0.4, -0.2) is 25.5 Å². The van der Waals surface area contributed by atoms with E-state index in [9.17, 15) is 9.18 Å². The molecule has 0 atom stereocenters. The fourth-order valence-electron chi connectivity index (χ4n) is 2.97. The first kappa shape index (κ1) is 16.3. The van der Waals surface area contributed by atoms with Crippen molar-refractivity contribution in [2.75, 3.05) is 35.2 Å². The summed E-state index contributed by atoms with van der Waals surface area (Å²) < 4.78 is 13.6. The second kappa shape index (κ2) is 7.81. The fraction of sp³-hybridized carbons (Fsp3) is 0.316. The molecule has 1 saturated heterocycles. The number of rotatable bonds is 5. The van der Waals surface area contributed by atoms with Gasteiger partial charge in [-0.05, 0) is 43.5 Å². The van der Waals surface area contributed by atoms with Crippen LogP contribution >= 0.6 is 0 Å². The molecule has 126 valence electrons. The number of hydrogen-bond donors (Lipinski definition) is 2. The third-order valence-electron chi connectivity index (χ3n) is 4.19. The van der Waals surface area contributed by atoms with Gasteiger partial charge in [0.15, 0.2) is 0 Å². The monoisotopic (exact) mass is 327 g/mol. The van der Waals surface area contributed by atoms with Gasteiger partial charge < -0.3 is 15.5 Å². The van der Waals surface area contributed by atoms with E-state index in [4.69, 9.17) is 0 Å². The van der Waals surface area contributed by atoms with Crippen LogP contribution in [0, 0.1) is 5.82 Å². The minimum atomic E-state index is -0.431. The predicted molar refractivity (Wildman–Crippen MR) is 96.0 cm³/mol. The van der Waals surface area contributed by atoms with Crippen LogP contribution in [0.25, 0.3) is 0 Å². The summed E-state index contributed by atoms with van der Waals surface area (Å²) in [6.07, 6.45) is 3.67. The molecule has 0 radical (unpaired) electrons. The number of carbonyl (C=O) groups excluding carboxylic acids is 1. The molecule has 0 saturated carbocycles. The minimum absolute atomic E-state index is 0.0964. The maximum Gasteiger partial charge on any atom is 0.243 e. The van der Waals surface area contributed by atoms with E-state index in [1.807, 2.05) is 18.2 Å². The Balaban J connectivity index is 1.62. The van der Waals surface area contributed by atoms with Crippen molar-refractivity contribution in [3.05, 3.63) is 54.3 Å². The average molecular weight is 327 g/mol. The Hall–Kier alpha value is -2.56. The largest absolute Gasteiger partial charge is 0.374 e. The smallest absolute Gasteiger partial charge is 0.243 e. The van der Waals surface area contributed by atoms with Crippen LogP contribution < -0.4 is 15.5 Å². The van der Waals surface area contributed by atoms with Crippen LogP contribution in [0.1, 0.15) is 19.3 Å². The molecule has 1 heterocycles. The quantitative estimate of drug-likeness (QED) is 0.876. The first-order valence-electron chi connectivity index (χ1n) is 8.36. The molecule has 5 heteroatoms. The number of nitrogens with one attached hydrogen (secondary N) is 2. The number of piperidine rings is 1. The van der Waals surface area contributed by atoms with Crippen LogP contribution in [0.3, 0.4) is 0 Å². The average Bonchev–Trinajstić information content (AvgIpc) is 2.63. The van der Waals surface area contributed by atoms with Gasteiger partial charge in [-0.15, -0.1) is 0 Å². The van der Waals surface area contributed by atoms with E-state index >= 15 is 0 Å². The van der Waals surface area contributed by atoms with Crippen molar-refractivity contribution in [3.63, 3.8) is 0 Å². The van der Waals surface area contributed by atoms with Crippen LogP contribution in [-0.2, 0) is 4.79 Å². The van der Waals surface area contributed by atoms with Gasteiger partial charge in [0.1, 0.15) is 5.82 Å². The summed E-state index contributed by atoms with van der Waals surface area (Å²) >= 11 is 0. The highest BCUT2D eigenvalue weighted by molar-refractivity contribution is 5.94. The molecule has 1 fully saturated rings. The molecule has 0 spiro atoms. The third-order valence-corrected chi connectivity index (χ3v) is 4.19. The Bertz CT molecular complexity index is 699. The second-order valence-corrected chi connectivity index (χ2v) is 5.95. The number of para-hydroxylation sites is 3. The van der Waals surface area contributed by atoms with Gasteiger partial charge in [0, 0.05) is 13.1 Å². The fourth-order valence-corrected chi connectivity index (χ4v) is 2.97. The van der Waals surface area contributed by atoms with Crippen LogP contribution in [0.4, 0.5) is 21.5 Å². The summed E-state index contributed by atoms with van der Waals surface area (Å²) in [7, 11) is 0. The van der Waals surface area contributed by atoms with Crippen molar-refractivity contribution in [1.29, 1.82) is 0 Å². The summed E-state index contributed by atoms with van der Waals surface area (Å²) in [6, 6.07) is 14.2. The zero-order chi connectivity index (χ0) is 16.8. The van der Waals surface area contributed by atoms with Gasteiger partial charge in [0.05, 0.1) is 23.6 Å². The first-order valence-corrected chi connectivity index (χ1v) is 8.36. The van der Waals surface area contributed by atoms with Crippen molar-refractivity contribution < 1.29 is 9.18 Å². The molecule has 0 bridgehead atoms. The molecule has 0 unspecified atom stereocenters. The highest BCUT2D eigenvalue weighted by Crippen LogP contribution is 2.28. The van der Waals surface area contributed by atoms with Gasteiger partial charge in [-0.1, -0.05) is 24.3 Å². The van der Waals surface area contributed by atoms with E-state index in [1.54, 1.807) is 18.2 Å². The number of amides is 1. The predicted octanol–water partition coefficient (Wildman–Crippen LogP) is 3.87. The van der Waals surface area contributed by atoms with E-state index in [1.165, 1.54) is 25.3 Å². The molecule has 0 aromatic heterocycles. The summed E-state index contributed by atoms with van der Waals surface area (Å²) in [4.78, 5) is 14.4. The van der Waals surface area contributed by atoms with Crippen LogP contribution in [0.5, 0.6) is 0 Å². The number of hydrogen-bond acceptors (Lipinski definition) is 3. The van der Waals surface area contributed by atoms with Crippen LogP contribution in [0.2, 0.25) is 0 Å². The van der Waals surface area contributed by atoms with Crippen molar-refractivity contribution in [2.45, 2.75) is 19.3 Å². The van der Waals surface area contributed by atoms with Gasteiger partial charge in [-0.25, -0.2) is 4.39 Å². The first-order chi connectivity index (χ1) is 11.7. The number of anilines is 3. The molecule has 2 N–H and O–H groups in total. The van der Waals surface area contributed by atoms with Crippen molar-refractivity contribution in [2.24, 2.45) is 0 Å². The molecular weight excluding hydrogens is 305 g/mol. The lowest BCUT2D eigenvalue weighted by molar-refractivity contribution is -0.114. The summed E-state index contributed by atoms with van der Waals surface area (Å²) in [6.45, 7) is 2.18. The number of benzene rings is 2. The highest BCUT2D eigenvalue weighted by atomic mass is 19.1. The molecular formula is C19H22FN3O. The lowest BCUT2D eigenvalue weighted by atomic mass is 10.1. The summed E-state index contributed by atoms with van der Waals surface area (Å²) in [5.41, 5.74) is 2.26. The molecule has 1 aliphatic heterocycles. The molecule has 3 rings (SSSR count). The Morgan fingerprint density at radius 3 is 2.38 bits per heavy atom. The molecule has 1 aliphatic rings. The number of nitrogens with zero attached hydrogens (tertiary/aromatic N) is 1. The van der Waals surface area contributed by atoms with Gasteiger partial charge in [0.25, 0.3) is 0 Å². The second-order valence-electron chi connectivity index (χ2n) is 5.95. The van der Waals surface area contributed by atoms with Crippen molar-refractivity contribution >= 4 is 23.0 Å². The minimum Gasteiger partial charge on any atom is -0.374 e. The maximum atomic E-state index is 13.6. The standard InChI is InChI=1S/C19H22FN3O/c20-15-8-2-3-9-16(15)22-19(24)14-21-17-10-4-5-11-18(17)23-12-6-1-7-13-23/h2-5,8-11,21H,1,6-7,12-14H2,(H,22,24). The normalized spacial score (nSPS) is 14.3. The number of halogens is 1. The Morgan fingerprint density at radius 2 is 1.62 bits per heavy atom. The Kier molecular flexibility index (Phi) is 5.31. The Labute approximate surface area is 141 Å². The lowest BCUT2D eigenvalue weighted by Gasteiger charge is -2.30. The molecule has 0 aliphatic carbocycles. The van der Waals surface area contributed by atoms with Gasteiger partial charge >= 0.3 is 0 Å². The molecule has 2 aromatic rings. The van der Waals surface area contributed by atoms with E-state index in [0.717, 1.165) is 24.5 Å². The molecule has 2 aromatic carbocycles. The molecule has 24 heavy (non-hydrogen) atoms. The topological polar surface area (TPSA) is 44.4 Å². The van der Waals surface area contributed by atoms with Gasteiger partial charge in [-0.2, -0.15) is 0 Å². The van der Waals surface area contributed by atoms with Crippen molar-refractivity contribution in [3.8, 4) is 0 Å². The SMILES string of the molecule is O=C(CNc1ccccc1N1CCCCC1)Nc1ccccc1F. The lowest BCUT2D eigenvalue weighted by Crippen LogP contribution is -2.30. The maximum absolute atomic E-state index is 13.6. The highest BCUT2D eigenvalue weighted by Gasteiger charge is 2.14. The Morgan fingerprint density at radius 1 is 0.958 bits per heavy atom. The summed E-state index contributed by atoms with van der Waals surface area (Å²) in [5, 5.41) is 5.76. The van der Waals surface area contributed by atoms with Crippen molar-refractivity contribution in [1.82, 2.24) is 0 Å². The van der Waals surface area contributed by atoms with Gasteiger partial charge in [-0.3, -0.25) is 4.79 Å². The zero-order valence-electron chi connectivity index (χ0n) is 13.6. The number of carbonyl (C=O) groups is 1. The molecule has 4 nitrogen and oxygen atoms in total. The summed E-state index contributed by atoms with van der Waals surface area (Å²) in [5.74, 6) is -0.701. The molecule has 1 amide bonds. The van der Waals surface area contributed by atoms with Gasteiger partial charge in [0.2, 0.25) is 5.91 Å². The van der Waals surface area contributed by atoms with E-state index in [2.05, 4.69) is 21.6 Å². The van der Waals surface area contributed by atoms with Crippen LogP contribution in [0.15, 0.2) is 48.5 Å². The van der Waals surface area contributed by atoms with E-state index in [-0.39, 0.29) is 18.1 Å². The zero-order valence-corrected chi connectivity index (χ0v) is 13.6. The third kappa shape index (κ3) is 4.04. The van der Waals surface area contributed by atoms with E-state index < -0.39 is 5.82 Å². The van der Waals surface area contributed by atoms with E-state index in [0.29, 0.717) is 0 Å².